The Hall–Kier alpha value is -3.33. The number of aromatic nitrogens is 2. The SMILES string of the molecule is CC(CCC(=O)NC=O)N1C(=O)c2cccc3c(N(C)c4nccs4)cnc1c23. The van der Waals surface area contributed by atoms with Crippen molar-refractivity contribution < 1.29 is 14.4 Å². The lowest BCUT2D eigenvalue weighted by Gasteiger charge is -2.25. The molecule has 0 saturated heterocycles. The monoisotopic (exact) mass is 409 g/mol. The van der Waals surface area contributed by atoms with Crippen LogP contribution < -0.4 is 15.1 Å². The molecule has 2 aromatic heterocycles. The summed E-state index contributed by atoms with van der Waals surface area (Å²) in [6.45, 7) is 1.88. The van der Waals surface area contributed by atoms with E-state index in [0.717, 1.165) is 21.6 Å². The van der Waals surface area contributed by atoms with Gasteiger partial charge in [-0.2, -0.15) is 0 Å². The number of amides is 3. The van der Waals surface area contributed by atoms with Crippen LogP contribution >= 0.6 is 11.3 Å². The van der Waals surface area contributed by atoms with E-state index < -0.39 is 0 Å². The second-order valence-electron chi connectivity index (χ2n) is 6.82. The van der Waals surface area contributed by atoms with Crippen LogP contribution in [0.2, 0.25) is 0 Å². The lowest BCUT2D eigenvalue weighted by Crippen LogP contribution is -2.37. The highest BCUT2D eigenvalue weighted by Crippen LogP contribution is 2.42. The Morgan fingerprint density at radius 3 is 2.93 bits per heavy atom. The highest BCUT2D eigenvalue weighted by Gasteiger charge is 2.35. The molecule has 0 fully saturated rings. The van der Waals surface area contributed by atoms with Crippen molar-refractivity contribution in [2.75, 3.05) is 16.8 Å². The third-order valence-electron chi connectivity index (χ3n) is 5.07. The van der Waals surface area contributed by atoms with Gasteiger partial charge in [-0.1, -0.05) is 12.1 Å². The lowest BCUT2D eigenvalue weighted by molar-refractivity contribution is -0.125. The minimum Gasteiger partial charge on any atom is -0.319 e. The molecule has 0 radical (unpaired) electrons. The molecule has 3 amide bonds. The molecule has 0 saturated carbocycles. The largest absolute Gasteiger partial charge is 0.319 e. The maximum absolute atomic E-state index is 13.1. The van der Waals surface area contributed by atoms with Gasteiger partial charge in [0.25, 0.3) is 5.91 Å². The molecule has 1 aliphatic heterocycles. The summed E-state index contributed by atoms with van der Waals surface area (Å²) in [5.74, 6) is 0.102. The molecule has 4 rings (SSSR count). The molecule has 9 heteroatoms. The Balaban J connectivity index is 1.71. The zero-order chi connectivity index (χ0) is 20.5. The number of pyridine rings is 1. The maximum atomic E-state index is 13.1. The molecule has 1 aliphatic rings. The first-order valence-electron chi connectivity index (χ1n) is 9.14. The first kappa shape index (κ1) is 19.0. The highest BCUT2D eigenvalue weighted by atomic mass is 32.1. The number of anilines is 3. The Labute approximate surface area is 171 Å². The average molecular weight is 409 g/mol. The number of hydrogen-bond donors (Lipinski definition) is 1. The lowest BCUT2D eigenvalue weighted by atomic mass is 10.1. The van der Waals surface area contributed by atoms with Gasteiger partial charge >= 0.3 is 0 Å². The molecule has 1 atom stereocenters. The van der Waals surface area contributed by atoms with E-state index in [9.17, 15) is 14.4 Å². The van der Waals surface area contributed by atoms with E-state index in [1.165, 1.54) is 11.3 Å². The number of rotatable bonds is 7. The van der Waals surface area contributed by atoms with E-state index >= 15 is 0 Å². The quantitative estimate of drug-likeness (QED) is 0.603. The summed E-state index contributed by atoms with van der Waals surface area (Å²) in [7, 11) is 1.92. The molecular weight excluding hydrogens is 390 g/mol. The van der Waals surface area contributed by atoms with E-state index in [1.54, 1.807) is 23.4 Å². The van der Waals surface area contributed by atoms with Crippen LogP contribution in [0.25, 0.3) is 10.8 Å². The van der Waals surface area contributed by atoms with Gasteiger partial charge in [-0.25, -0.2) is 9.97 Å². The van der Waals surface area contributed by atoms with Gasteiger partial charge < -0.3 is 4.90 Å². The minimum atomic E-state index is -0.366. The zero-order valence-electron chi connectivity index (χ0n) is 16.0. The van der Waals surface area contributed by atoms with E-state index in [-0.39, 0.29) is 24.3 Å². The fraction of sp³-hybridized carbons (Fsp3) is 0.250. The van der Waals surface area contributed by atoms with Gasteiger partial charge in [0.2, 0.25) is 12.3 Å². The molecule has 29 heavy (non-hydrogen) atoms. The third kappa shape index (κ3) is 3.23. The zero-order valence-corrected chi connectivity index (χ0v) is 16.8. The first-order chi connectivity index (χ1) is 14.0. The van der Waals surface area contributed by atoms with Gasteiger partial charge in [0.15, 0.2) is 5.13 Å². The van der Waals surface area contributed by atoms with Gasteiger partial charge in [0, 0.05) is 41.9 Å². The predicted octanol–water partition coefficient (Wildman–Crippen LogP) is 2.86. The maximum Gasteiger partial charge on any atom is 0.260 e. The fourth-order valence-corrected chi connectivity index (χ4v) is 4.24. The van der Waals surface area contributed by atoms with Crippen molar-refractivity contribution in [1.29, 1.82) is 0 Å². The summed E-state index contributed by atoms with van der Waals surface area (Å²) >= 11 is 1.52. The van der Waals surface area contributed by atoms with E-state index in [0.29, 0.717) is 24.2 Å². The minimum absolute atomic E-state index is 0.129. The van der Waals surface area contributed by atoms with E-state index in [2.05, 4.69) is 15.3 Å². The van der Waals surface area contributed by atoms with Crippen LogP contribution in [0, 0.1) is 0 Å². The number of carbonyl (C=O) groups is 3. The number of carbonyl (C=O) groups excluding carboxylic acids is 3. The number of hydrogen-bond acceptors (Lipinski definition) is 7. The van der Waals surface area contributed by atoms with Crippen molar-refractivity contribution >= 4 is 57.0 Å². The van der Waals surface area contributed by atoms with Gasteiger partial charge in [0.05, 0.1) is 17.4 Å². The molecular formula is C20H19N5O3S. The molecule has 0 bridgehead atoms. The predicted molar refractivity (Wildman–Crippen MR) is 112 cm³/mol. The van der Waals surface area contributed by atoms with Crippen molar-refractivity contribution in [3.8, 4) is 0 Å². The van der Waals surface area contributed by atoms with E-state index in [4.69, 9.17) is 0 Å². The van der Waals surface area contributed by atoms with Gasteiger partial charge in [0.1, 0.15) is 5.82 Å². The molecule has 1 unspecified atom stereocenters. The normalized spacial score (nSPS) is 13.6. The van der Waals surface area contributed by atoms with Crippen molar-refractivity contribution in [2.24, 2.45) is 0 Å². The standard InChI is InChI=1S/C20H19N5O3S/c1-12(6-7-16(27)23-11-26)25-18-17-13(4-3-5-14(17)19(25)28)15(10-22-18)24(2)20-21-8-9-29-20/h3-5,8-12H,6-7H2,1-2H3,(H,23,26,27). The van der Waals surface area contributed by atoms with Crippen molar-refractivity contribution in [1.82, 2.24) is 15.3 Å². The Morgan fingerprint density at radius 1 is 1.38 bits per heavy atom. The van der Waals surface area contributed by atoms with Crippen LogP contribution in [0.5, 0.6) is 0 Å². The van der Waals surface area contributed by atoms with Gasteiger partial charge in [-0.15, -0.1) is 11.3 Å². The molecule has 3 heterocycles. The van der Waals surface area contributed by atoms with Crippen LogP contribution in [0.15, 0.2) is 36.0 Å². The third-order valence-corrected chi connectivity index (χ3v) is 5.92. The van der Waals surface area contributed by atoms with Crippen LogP contribution in [-0.4, -0.2) is 41.3 Å². The fourth-order valence-electron chi connectivity index (χ4n) is 3.62. The molecule has 8 nitrogen and oxygen atoms in total. The molecule has 0 aliphatic carbocycles. The topological polar surface area (TPSA) is 95.5 Å². The van der Waals surface area contributed by atoms with Crippen molar-refractivity contribution in [3.63, 3.8) is 0 Å². The average Bonchev–Trinajstić information content (AvgIpc) is 3.35. The van der Waals surface area contributed by atoms with Crippen LogP contribution in [0.1, 0.15) is 30.1 Å². The number of imide groups is 1. The molecule has 3 aromatic rings. The second kappa shape index (κ2) is 7.59. The Bertz CT molecular complexity index is 1100. The highest BCUT2D eigenvalue weighted by molar-refractivity contribution is 7.13. The second-order valence-corrected chi connectivity index (χ2v) is 7.69. The summed E-state index contributed by atoms with van der Waals surface area (Å²) in [5.41, 5.74) is 1.47. The number of thiazole rings is 1. The number of nitrogens with zero attached hydrogens (tertiary/aromatic N) is 4. The first-order valence-corrected chi connectivity index (χ1v) is 10.0. The summed E-state index contributed by atoms with van der Waals surface area (Å²) in [4.78, 5) is 47.7. The molecule has 148 valence electrons. The van der Waals surface area contributed by atoms with Crippen LogP contribution in [-0.2, 0) is 9.59 Å². The smallest absolute Gasteiger partial charge is 0.260 e. The molecule has 1 N–H and O–H groups in total. The number of nitrogens with one attached hydrogen (secondary N) is 1. The van der Waals surface area contributed by atoms with Gasteiger partial charge in [-0.3, -0.25) is 24.6 Å². The summed E-state index contributed by atoms with van der Waals surface area (Å²) < 4.78 is 0. The Morgan fingerprint density at radius 2 is 2.21 bits per heavy atom. The van der Waals surface area contributed by atoms with Crippen molar-refractivity contribution in [3.05, 3.63) is 41.5 Å². The van der Waals surface area contributed by atoms with Crippen LogP contribution in [0.4, 0.5) is 16.6 Å². The van der Waals surface area contributed by atoms with Crippen LogP contribution in [0.3, 0.4) is 0 Å². The summed E-state index contributed by atoms with van der Waals surface area (Å²) in [6.07, 6.45) is 4.43. The van der Waals surface area contributed by atoms with E-state index in [1.807, 2.05) is 36.4 Å². The number of benzene rings is 1. The van der Waals surface area contributed by atoms with Gasteiger partial charge in [-0.05, 0) is 19.4 Å². The summed E-state index contributed by atoms with van der Waals surface area (Å²) in [5, 5.41) is 6.60. The summed E-state index contributed by atoms with van der Waals surface area (Å²) in [6, 6.07) is 5.40. The molecule has 1 aromatic carbocycles. The molecule has 0 spiro atoms. The van der Waals surface area contributed by atoms with Crippen molar-refractivity contribution in [2.45, 2.75) is 25.8 Å². The Kier molecular flexibility index (Phi) is 4.98.